The van der Waals surface area contributed by atoms with Crippen molar-refractivity contribution in [3.05, 3.63) is 52.5 Å². The van der Waals surface area contributed by atoms with Gasteiger partial charge in [-0.05, 0) is 52.3 Å². The number of hydrogen-bond acceptors (Lipinski definition) is 4. The fourth-order valence-corrected chi connectivity index (χ4v) is 3.30. The molecule has 0 saturated heterocycles. The molecule has 20 heavy (non-hydrogen) atoms. The minimum Gasteiger partial charge on any atom is -0.399 e. The lowest BCUT2D eigenvalue weighted by molar-refractivity contribution is 0.601. The van der Waals surface area contributed by atoms with Gasteiger partial charge in [0.1, 0.15) is 0 Å². The summed E-state index contributed by atoms with van der Waals surface area (Å²) < 4.78 is 27.4. The van der Waals surface area contributed by atoms with E-state index in [1.807, 2.05) is 6.07 Å². The fourth-order valence-electron chi connectivity index (χ4n) is 1.55. The predicted molar refractivity (Wildman–Crippen MR) is 80.5 cm³/mol. The van der Waals surface area contributed by atoms with Crippen molar-refractivity contribution in [3.63, 3.8) is 0 Å². The average molecular weight is 352 g/mol. The molecule has 102 valence electrons. The Hall–Kier alpha value is -2.04. The number of benzene rings is 2. The van der Waals surface area contributed by atoms with Gasteiger partial charge in [-0.25, -0.2) is 8.42 Å². The zero-order valence-corrected chi connectivity index (χ0v) is 12.6. The molecule has 0 fully saturated rings. The molecule has 0 heterocycles. The van der Waals surface area contributed by atoms with E-state index in [0.717, 1.165) is 0 Å². The van der Waals surface area contributed by atoms with Gasteiger partial charge in [0.05, 0.1) is 22.2 Å². The topological polar surface area (TPSA) is 96.0 Å². The standard InChI is InChI=1S/C13H10BrN3O2S/c14-12-7-10(16)4-5-13(12)17-20(18,19)11-3-1-2-9(6-11)8-15/h1-7,17H,16H2. The van der Waals surface area contributed by atoms with Crippen molar-refractivity contribution in [2.75, 3.05) is 10.5 Å². The largest absolute Gasteiger partial charge is 0.399 e. The number of hydrogen-bond donors (Lipinski definition) is 2. The van der Waals surface area contributed by atoms with Crippen LogP contribution in [0.5, 0.6) is 0 Å². The normalized spacial score (nSPS) is 10.8. The second kappa shape index (κ2) is 5.53. The lowest BCUT2D eigenvalue weighted by Crippen LogP contribution is -2.13. The highest BCUT2D eigenvalue weighted by Crippen LogP contribution is 2.27. The molecule has 0 aliphatic carbocycles. The molecule has 0 saturated carbocycles. The molecule has 0 radical (unpaired) electrons. The maximum atomic E-state index is 12.2. The number of sulfonamides is 1. The quantitative estimate of drug-likeness (QED) is 0.830. The molecule has 0 aliphatic heterocycles. The van der Waals surface area contributed by atoms with Gasteiger partial charge in [0.25, 0.3) is 10.0 Å². The molecule has 0 amide bonds. The zero-order chi connectivity index (χ0) is 14.8. The van der Waals surface area contributed by atoms with Crippen molar-refractivity contribution in [1.29, 1.82) is 5.26 Å². The molecule has 2 aromatic rings. The van der Waals surface area contributed by atoms with E-state index in [2.05, 4.69) is 20.7 Å². The van der Waals surface area contributed by atoms with Crippen molar-refractivity contribution in [3.8, 4) is 6.07 Å². The summed E-state index contributed by atoms with van der Waals surface area (Å²) in [6.07, 6.45) is 0. The average Bonchev–Trinajstić information content (AvgIpc) is 2.42. The maximum Gasteiger partial charge on any atom is 0.261 e. The van der Waals surface area contributed by atoms with Crippen LogP contribution in [0, 0.1) is 11.3 Å². The van der Waals surface area contributed by atoms with E-state index >= 15 is 0 Å². The Morgan fingerprint density at radius 2 is 1.95 bits per heavy atom. The van der Waals surface area contributed by atoms with Crippen molar-refractivity contribution >= 4 is 37.3 Å². The first-order valence-corrected chi connectivity index (χ1v) is 7.78. The summed E-state index contributed by atoms with van der Waals surface area (Å²) in [5, 5.41) is 8.81. The number of anilines is 2. The Labute approximate surface area is 125 Å². The van der Waals surface area contributed by atoms with Gasteiger partial charge in [-0.1, -0.05) is 6.07 Å². The van der Waals surface area contributed by atoms with Crippen LogP contribution in [0.4, 0.5) is 11.4 Å². The molecule has 5 nitrogen and oxygen atoms in total. The van der Waals surface area contributed by atoms with E-state index in [0.29, 0.717) is 15.8 Å². The lowest BCUT2D eigenvalue weighted by Gasteiger charge is -2.10. The molecule has 3 N–H and O–H groups in total. The van der Waals surface area contributed by atoms with Gasteiger partial charge in [0.2, 0.25) is 0 Å². The molecule has 2 rings (SSSR count). The summed E-state index contributed by atoms with van der Waals surface area (Å²) in [7, 11) is -3.75. The van der Waals surface area contributed by atoms with Crippen LogP contribution < -0.4 is 10.5 Å². The van der Waals surface area contributed by atoms with Gasteiger partial charge < -0.3 is 5.73 Å². The van der Waals surface area contributed by atoms with Crippen LogP contribution in [0.1, 0.15) is 5.56 Å². The van der Waals surface area contributed by atoms with Gasteiger partial charge in [-0.3, -0.25) is 4.72 Å². The number of nitrogens with zero attached hydrogens (tertiary/aromatic N) is 1. The summed E-state index contributed by atoms with van der Waals surface area (Å²) in [5.41, 5.74) is 6.77. The second-order valence-electron chi connectivity index (χ2n) is 3.98. The number of nitriles is 1. The summed E-state index contributed by atoms with van der Waals surface area (Å²) in [6.45, 7) is 0. The molecule has 0 aliphatic rings. The van der Waals surface area contributed by atoms with Gasteiger partial charge in [-0.15, -0.1) is 0 Å². The Kier molecular flexibility index (Phi) is 3.97. The molecule has 7 heteroatoms. The fraction of sp³-hybridized carbons (Fsp3) is 0. The van der Waals surface area contributed by atoms with Crippen LogP contribution in [0.15, 0.2) is 51.8 Å². The Bertz CT molecular complexity index is 798. The van der Waals surface area contributed by atoms with Crippen molar-refractivity contribution in [2.24, 2.45) is 0 Å². The van der Waals surface area contributed by atoms with Crippen LogP contribution in [-0.2, 0) is 10.0 Å². The Balaban J connectivity index is 2.38. The SMILES string of the molecule is N#Cc1cccc(S(=O)(=O)Nc2ccc(N)cc2Br)c1. The van der Waals surface area contributed by atoms with Crippen molar-refractivity contribution in [1.82, 2.24) is 0 Å². The van der Waals surface area contributed by atoms with Gasteiger partial charge in [-0.2, -0.15) is 5.26 Å². The van der Waals surface area contributed by atoms with E-state index in [-0.39, 0.29) is 10.5 Å². The van der Waals surface area contributed by atoms with Crippen LogP contribution in [0.25, 0.3) is 0 Å². The first kappa shape index (κ1) is 14.4. The first-order valence-electron chi connectivity index (χ1n) is 5.50. The number of nitrogen functional groups attached to an aromatic ring is 1. The monoisotopic (exact) mass is 351 g/mol. The molecular formula is C13H10BrN3O2S. The molecule has 2 aromatic carbocycles. The Morgan fingerprint density at radius 3 is 2.60 bits per heavy atom. The zero-order valence-electron chi connectivity index (χ0n) is 10.2. The van der Waals surface area contributed by atoms with Crippen molar-refractivity contribution < 1.29 is 8.42 Å². The highest BCUT2D eigenvalue weighted by Gasteiger charge is 2.16. The smallest absolute Gasteiger partial charge is 0.261 e. The Morgan fingerprint density at radius 1 is 1.20 bits per heavy atom. The third-order valence-electron chi connectivity index (χ3n) is 2.51. The predicted octanol–water partition coefficient (Wildman–Crippen LogP) is 2.70. The van der Waals surface area contributed by atoms with E-state index in [9.17, 15) is 8.42 Å². The van der Waals surface area contributed by atoms with Crippen molar-refractivity contribution in [2.45, 2.75) is 4.90 Å². The lowest BCUT2D eigenvalue weighted by atomic mass is 10.2. The minimum absolute atomic E-state index is 0.0280. The highest BCUT2D eigenvalue weighted by molar-refractivity contribution is 9.10. The van der Waals surface area contributed by atoms with E-state index in [4.69, 9.17) is 11.0 Å². The van der Waals surface area contributed by atoms with Crippen LogP contribution in [0.3, 0.4) is 0 Å². The summed E-state index contributed by atoms with van der Waals surface area (Å²) in [5.74, 6) is 0. The molecular weight excluding hydrogens is 342 g/mol. The summed E-state index contributed by atoms with van der Waals surface area (Å²) in [6, 6.07) is 12.5. The van der Waals surface area contributed by atoms with E-state index < -0.39 is 10.0 Å². The summed E-state index contributed by atoms with van der Waals surface area (Å²) >= 11 is 3.24. The molecule has 0 spiro atoms. The second-order valence-corrected chi connectivity index (χ2v) is 6.52. The number of nitrogens with one attached hydrogen (secondary N) is 1. The van der Waals surface area contributed by atoms with Gasteiger partial charge in [0, 0.05) is 10.2 Å². The third-order valence-corrected chi connectivity index (χ3v) is 4.53. The van der Waals surface area contributed by atoms with Gasteiger partial charge >= 0.3 is 0 Å². The first-order chi connectivity index (χ1) is 9.42. The molecule has 0 unspecified atom stereocenters. The molecule has 0 bridgehead atoms. The van der Waals surface area contributed by atoms with Crippen LogP contribution in [0.2, 0.25) is 0 Å². The van der Waals surface area contributed by atoms with E-state index in [1.54, 1.807) is 18.2 Å². The molecule has 0 atom stereocenters. The maximum absolute atomic E-state index is 12.2. The van der Waals surface area contributed by atoms with Gasteiger partial charge in [0.15, 0.2) is 0 Å². The van der Waals surface area contributed by atoms with Crippen LogP contribution >= 0.6 is 15.9 Å². The van der Waals surface area contributed by atoms with E-state index in [1.165, 1.54) is 24.3 Å². The van der Waals surface area contributed by atoms with Crippen LogP contribution in [-0.4, -0.2) is 8.42 Å². The number of nitrogens with two attached hydrogens (primary N) is 1. The number of rotatable bonds is 3. The summed E-state index contributed by atoms with van der Waals surface area (Å²) in [4.78, 5) is 0.0280. The number of halogens is 1. The highest BCUT2D eigenvalue weighted by atomic mass is 79.9. The minimum atomic E-state index is -3.75. The third kappa shape index (κ3) is 3.10. The molecule has 0 aromatic heterocycles.